The summed E-state index contributed by atoms with van der Waals surface area (Å²) in [5, 5.41) is 0.133. The van der Waals surface area contributed by atoms with Crippen molar-refractivity contribution in [3.05, 3.63) is 28.8 Å². The number of morpholine rings is 1. The molecule has 8 heteroatoms. The van der Waals surface area contributed by atoms with Crippen LogP contribution in [0.15, 0.2) is 23.1 Å². The van der Waals surface area contributed by atoms with Gasteiger partial charge in [0.05, 0.1) is 18.2 Å². The second kappa shape index (κ2) is 8.25. The number of ether oxygens (including phenoxy) is 1. The topological polar surface area (TPSA) is 66.9 Å². The summed E-state index contributed by atoms with van der Waals surface area (Å²) < 4.78 is 32.4. The fraction of sp³-hybridized carbons (Fsp3) is 0.611. The van der Waals surface area contributed by atoms with E-state index in [4.69, 9.17) is 16.3 Å². The number of carbonyl (C=O) groups excluding carboxylic acids is 1. The van der Waals surface area contributed by atoms with Crippen LogP contribution in [0.3, 0.4) is 0 Å². The molecule has 144 valence electrons. The van der Waals surface area contributed by atoms with Crippen LogP contribution in [0.5, 0.6) is 0 Å². The lowest BCUT2D eigenvalue weighted by Gasteiger charge is -2.31. The number of nitrogens with zero attached hydrogens (tertiary/aromatic N) is 2. The van der Waals surface area contributed by atoms with E-state index in [-0.39, 0.29) is 21.9 Å². The lowest BCUT2D eigenvalue weighted by Crippen LogP contribution is -2.41. The summed E-state index contributed by atoms with van der Waals surface area (Å²) in [6, 6.07) is 4.72. The van der Waals surface area contributed by atoms with Crippen molar-refractivity contribution in [2.24, 2.45) is 0 Å². The van der Waals surface area contributed by atoms with Crippen molar-refractivity contribution < 1.29 is 17.9 Å². The van der Waals surface area contributed by atoms with Crippen molar-refractivity contribution in [3.63, 3.8) is 0 Å². The predicted molar refractivity (Wildman–Crippen MR) is 100.0 cm³/mol. The van der Waals surface area contributed by atoms with Gasteiger partial charge in [0.25, 0.3) is 5.91 Å². The van der Waals surface area contributed by atoms with E-state index >= 15 is 0 Å². The molecule has 0 atom stereocenters. The highest BCUT2D eigenvalue weighted by Crippen LogP contribution is 2.28. The third kappa shape index (κ3) is 4.06. The van der Waals surface area contributed by atoms with Gasteiger partial charge in [0.15, 0.2) is 0 Å². The van der Waals surface area contributed by atoms with E-state index < -0.39 is 10.0 Å². The van der Waals surface area contributed by atoms with Gasteiger partial charge in [-0.1, -0.05) is 30.9 Å². The van der Waals surface area contributed by atoms with Crippen molar-refractivity contribution in [2.75, 3.05) is 33.4 Å². The SMILES string of the molecule is CN(C(=O)c1ccc(Cl)c(S(=O)(=O)N2CCOCC2)c1)C1CCCCC1. The Morgan fingerprint density at radius 3 is 2.50 bits per heavy atom. The number of rotatable bonds is 4. The molecular formula is C18H25ClN2O4S. The predicted octanol–water partition coefficient (Wildman–Crippen LogP) is 2.77. The first-order valence-electron chi connectivity index (χ1n) is 9.06. The Balaban J connectivity index is 1.86. The van der Waals surface area contributed by atoms with Crippen molar-refractivity contribution >= 4 is 27.5 Å². The van der Waals surface area contributed by atoms with Crippen LogP contribution in [-0.4, -0.2) is 62.9 Å². The zero-order valence-corrected chi connectivity index (χ0v) is 16.6. The highest BCUT2D eigenvalue weighted by Gasteiger charge is 2.30. The molecule has 1 saturated heterocycles. The molecule has 1 aliphatic heterocycles. The maximum Gasteiger partial charge on any atom is 0.253 e. The molecule has 1 heterocycles. The Labute approximate surface area is 160 Å². The Morgan fingerprint density at radius 1 is 1.19 bits per heavy atom. The van der Waals surface area contributed by atoms with Gasteiger partial charge in [-0.15, -0.1) is 0 Å². The van der Waals surface area contributed by atoms with Gasteiger partial charge in [-0.3, -0.25) is 4.79 Å². The van der Waals surface area contributed by atoms with Gasteiger partial charge in [-0.2, -0.15) is 4.31 Å². The van der Waals surface area contributed by atoms with Crippen LogP contribution in [0.1, 0.15) is 42.5 Å². The molecule has 26 heavy (non-hydrogen) atoms. The first-order valence-corrected chi connectivity index (χ1v) is 10.9. The summed E-state index contributed by atoms with van der Waals surface area (Å²) in [5.74, 6) is -0.160. The number of halogens is 1. The first kappa shape index (κ1) is 19.6. The molecule has 1 aliphatic carbocycles. The highest BCUT2D eigenvalue weighted by molar-refractivity contribution is 7.89. The standard InChI is InChI=1S/C18H25ClN2O4S/c1-20(15-5-3-2-4-6-15)18(22)14-7-8-16(19)17(13-14)26(23,24)21-9-11-25-12-10-21/h7-8,13,15H,2-6,9-12H2,1H3. The summed E-state index contributed by atoms with van der Waals surface area (Å²) in [7, 11) is -1.95. The van der Waals surface area contributed by atoms with Crippen molar-refractivity contribution in [2.45, 2.75) is 43.0 Å². The lowest BCUT2D eigenvalue weighted by molar-refractivity contribution is 0.0695. The van der Waals surface area contributed by atoms with Gasteiger partial charge < -0.3 is 9.64 Å². The molecule has 6 nitrogen and oxygen atoms in total. The number of benzene rings is 1. The number of hydrogen-bond acceptors (Lipinski definition) is 4. The third-order valence-electron chi connectivity index (χ3n) is 5.21. The Kier molecular flexibility index (Phi) is 6.22. The Morgan fingerprint density at radius 2 is 1.85 bits per heavy atom. The van der Waals surface area contributed by atoms with Gasteiger partial charge in [0.2, 0.25) is 10.0 Å². The number of sulfonamides is 1. The van der Waals surface area contributed by atoms with Crippen molar-refractivity contribution in [1.29, 1.82) is 0 Å². The molecule has 0 unspecified atom stereocenters. The van der Waals surface area contributed by atoms with Gasteiger partial charge in [0.1, 0.15) is 4.90 Å². The third-order valence-corrected chi connectivity index (χ3v) is 7.59. The Hall–Kier alpha value is -1.15. The van der Waals surface area contributed by atoms with Crippen LogP contribution in [0.2, 0.25) is 5.02 Å². The van der Waals surface area contributed by atoms with Crippen LogP contribution in [0, 0.1) is 0 Å². The molecule has 1 aromatic rings. The van der Waals surface area contributed by atoms with E-state index in [1.54, 1.807) is 18.0 Å². The van der Waals surface area contributed by atoms with Crippen molar-refractivity contribution in [1.82, 2.24) is 9.21 Å². The van der Waals surface area contributed by atoms with Crippen LogP contribution in [0.4, 0.5) is 0 Å². The molecule has 0 radical (unpaired) electrons. The van der Waals surface area contributed by atoms with E-state index in [1.165, 1.54) is 22.9 Å². The van der Waals surface area contributed by atoms with E-state index in [2.05, 4.69) is 0 Å². The fourth-order valence-corrected chi connectivity index (χ4v) is 5.51. The first-order chi connectivity index (χ1) is 12.4. The van der Waals surface area contributed by atoms with Crippen LogP contribution >= 0.6 is 11.6 Å². The minimum Gasteiger partial charge on any atom is -0.379 e. The molecule has 2 fully saturated rings. The molecule has 0 N–H and O–H groups in total. The molecule has 1 amide bonds. The zero-order valence-electron chi connectivity index (χ0n) is 15.0. The van der Waals surface area contributed by atoms with Gasteiger partial charge in [0, 0.05) is 31.7 Å². The minimum atomic E-state index is -3.75. The second-order valence-corrected chi connectivity index (χ2v) is 9.18. The minimum absolute atomic E-state index is 0.0102. The summed E-state index contributed by atoms with van der Waals surface area (Å²) in [6.45, 7) is 1.30. The zero-order chi connectivity index (χ0) is 18.7. The van der Waals surface area contributed by atoms with Crippen LogP contribution < -0.4 is 0 Å². The summed E-state index contributed by atoms with van der Waals surface area (Å²) in [4.78, 5) is 14.6. The number of hydrogen-bond donors (Lipinski definition) is 0. The van der Waals surface area contributed by atoms with E-state index in [0.29, 0.717) is 31.9 Å². The van der Waals surface area contributed by atoms with Crippen molar-refractivity contribution in [3.8, 4) is 0 Å². The molecule has 0 aromatic heterocycles. The quantitative estimate of drug-likeness (QED) is 0.779. The van der Waals surface area contributed by atoms with Crippen LogP contribution in [0.25, 0.3) is 0 Å². The molecule has 1 saturated carbocycles. The molecule has 2 aliphatic rings. The summed E-state index contributed by atoms with van der Waals surface area (Å²) in [6.07, 6.45) is 5.45. The molecule has 1 aromatic carbocycles. The van der Waals surface area contributed by atoms with Gasteiger partial charge in [-0.25, -0.2) is 8.42 Å². The number of carbonyl (C=O) groups is 1. The van der Waals surface area contributed by atoms with Gasteiger partial charge >= 0.3 is 0 Å². The molecule has 0 spiro atoms. The smallest absolute Gasteiger partial charge is 0.253 e. The lowest BCUT2D eigenvalue weighted by atomic mass is 9.94. The summed E-state index contributed by atoms with van der Waals surface area (Å²) >= 11 is 6.17. The fourth-order valence-electron chi connectivity index (χ4n) is 3.60. The second-order valence-electron chi connectivity index (χ2n) is 6.87. The normalized spacial score (nSPS) is 20.1. The maximum absolute atomic E-state index is 12.9. The van der Waals surface area contributed by atoms with E-state index in [1.807, 2.05) is 0 Å². The average Bonchev–Trinajstić information content (AvgIpc) is 2.68. The number of amides is 1. The largest absolute Gasteiger partial charge is 0.379 e. The molecule has 3 rings (SSSR count). The highest BCUT2D eigenvalue weighted by atomic mass is 35.5. The average molecular weight is 401 g/mol. The summed E-state index contributed by atoms with van der Waals surface area (Å²) in [5.41, 5.74) is 0.356. The van der Waals surface area contributed by atoms with E-state index in [0.717, 1.165) is 25.7 Å². The molecule has 0 bridgehead atoms. The van der Waals surface area contributed by atoms with E-state index in [9.17, 15) is 13.2 Å². The Bertz CT molecular complexity index is 756. The van der Waals surface area contributed by atoms with Crippen LogP contribution in [-0.2, 0) is 14.8 Å². The van der Waals surface area contributed by atoms with Gasteiger partial charge in [-0.05, 0) is 31.0 Å². The molecular weight excluding hydrogens is 376 g/mol. The monoisotopic (exact) mass is 400 g/mol. The maximum atomic E-state index is 12.9.